The molecule has 2 aliphatic rings. The molecule has 6 nitrogen and oxygen atoms in total. The van der Waals surface area contributed by atoms with Gasteiger partial charge in [0.2, 0.25) is 0 Å². The zero-order valence-electron chi connectivity index (χ0n) is 18.0. The van der Waals surface area contributed by atoms with Crippen molar-refractivity contribution in [1.82, 2.24) is 20.5 Å². The summed E-state index contributed by atoms with van der Waals surface area (Å²) in [4.78, 5) is 13.9. The summed E-state index contributed by atoms with van der Waals surface area (Å²) in [7, 11) is 1.85. The zero-order chi connectivity index (χ0) is 19.8. The Morgan fingerprint density at radius 2 is 1.89 bits per heavy atom. The molecule has 6 heteroatoms. The van der Waals surface area contributed by atoms with Crippen molar-refractivity contribution in [3.8, 4) is 0 Å². The van der Waals surface area contributed by atoms with Gasteiger partial charge >= 0.3 is 0 Å². The van der Waals surface area contributed by atoms with Crippen LogP contribution in [-0.2, 0) is 6.54 Å². The second-order valence-electron chi connectivity index (χ2n) is 8.28. The number of piperazine rings is 1. The van der Waals surface area contributed by atoms with Crippen molar-refractivity contribution < 1.29 is 0 Å². The van der Waals surface area contributed by atoms with Gasteiger partial charge in [0.15, 0.2) is 5.96 Å². The number of aliphatic imine (C=N–C) groups is 1. The first-order valence-electron chi connectivity index (χ1n) is 11.0. The Labute approximate surface area is 170 Å². The molecule has 0 unspecified atom stereocenters. The van der Waals surface area contributed by atoms with Crippen LogP contribution in [-0.4, -0.2) is 62.2 Å². The molecular weight excluding hydrogens is 348 g/mol. The first kappa shape index (κ1) is 20.9. The fraction of sp³-hybridized carbons (Fsp3) is 0.727. The third-order valence-corrected chi connectivity index (χ3v) is 6.68. The average Bonchev–Trinajstić information content (AvgIpc) is 3.23. The van der Waals surface area contributed by atoms with Crippen molar-refractivity contribution in [3.05, 3.63) is 23.9 Å². The Morgan fingerprint density at radius 3 is 2.54 bits per heavy atom. The third-order valence-electron chi connectivity index (χ3n) is 6.68. The lowest BCUT2D eigenvalue weighted by atomic mass is 9.83. The summed E-state index contributed by atoms with van der Waals surface area (Å²) in [5.74, 6) is 1.99. The highest BCUT2D eigenvalue weighted by Gasteiger charge is 2.31. The number of pyridine rings is 1. The van der Waals surface area contributed by atoms with E-state index in [1.807, 2.05) is 13.2 Å². The molecule has 2 heterocycles. The highest BCUT2D eigenvalue weighted by Crippen LogP contribution is 2.40. The van der Waals surface area contributed by atoms with E-state index in [-0.39, 0.29) is 0 Å². The molecule has 156 valence electrons. The van der Waals surface area contributed by atoms with Crippen LogP contribution in [0.1, 0.15) is 51.5 Å². The van der Waals surface area contributed by atoms with Gasteiger partial charge in [0.1, 0.15) is 5.82 Å². The van der Waals surface area contributed by atoms with Crippen molar-refractivity contribution in [3.63, 3.8) is 0 Å². The van der Waals surface area contributed by atoms with Crippen LogP contribution in [0.15, 0.2) is 23.3 Å². The van der Waals surface area contributed by atoms with Crippen LogP contribution >= 0.6 is 0 Å². The molecule has 2 N–H and O–H groups in total. The third kappa shape index (κ3) is 5.37. The molecule has 0 atom stereocenters. The van der Waals surface area contributed by atoms with Crippen molar-refractivity contribution in [2.75, 3.05) is 51.2 Å². The predicted octanol–water partition coefficient (Wildman–Crippen LogP) is 2.86. The van der Waals surface area contributed by atoms with Crippen LogP contribution in [0.3, 0.4) is 0 Å². The van der Waals surface area contributed by atoms with E-state index in [2.05, 4.69) is 56.4 Å². The molecule has 0 amide bonds. The zero-order valence-corrected chi connectivity index (χ0v) is 18.0. The molecule has 0 spiro atoms. The number of guanidine groups is 1. The summed E-state index contributed by atoms with van der Waals surface area (Å²) < 4.78 is 0. The first-order chi connectivity index (χ1) is 13.7. The second kappa shape index (κ2) is 10.1. The molecular formula is C22H38N6. The normalized spacial score (nSPS) is 20.4. The Balaban J connectivity index is 1.51. The average molecular weight is 387 g/mol. The Hall–Kier alpha value is -1.82. The van der Waals surface area contributed by atoms with E-state index in [1.54, 1.807) is 0 Å². The monoisotopic (exact) mass is 386 g/mol. The molecule has 3 rings (SSSR count). The van der Waals surface area contributed by atoms with Crippen LogP contribution in [0.5, 0.6) is 0 Å². The van der Waals surface area contributed by atoms with Gasteiger partial charge in [0, 0.05) is 52.5 Å². The number of hydrogen-bond acceptors (Lipinski definition) is 4. The lowest BCUT2D eigenvalue weighted by Crippen LogP contribution is -2.46. The van der Waals surface area contributed by atoms with Crippen LogP contribution in [0, 0.1) is 5.41 Å². The van der Waals surface area contributed by atoms with Gasteiger partial charge in [0.25, 0.3) is 0 Å². The van der Waals surface area contributed by atoms with Crippen LogP contribution in [0.2, 0.25) is 0 Å². The second-order valence-corrected chi connectivity index (χ2v) is 8.28. The van der Waals surface area contributed by atoms with Gasteiger partial charge in [-0.3, -0.25) is 4.99 Å². The molecule has 1 aliphatic heterocycles. The molecule has 2 fully saturated rings. The van der Waals surface area contributed by atoms with Gasteiger partial charge < -0.3 is 20.4 Å². The summed E-state index contributed by atoms with van der Waals surface area (Å²) in [6.45, 7) is 11.8. The highest BCUT2D eigenvalue weighted by atomic mass is 15.3. The van der Waals surface area contributed by atoms with Crippen molar-refractivity contribution in [2.24, 2.45) is 10.4 Å². The number of likely N-dealkylation sites (N-methyl/N-ethyl adjacent to an activating group) is 1. The summed E-state index contributed by atoms with van der Waals surface area (Å²) in [6.07, 6.45) is 8.59. The minimum absolute atomic E-state index is 0.460. The molecule has 1 aromatic rings. The van der Waals surface area contributed by atoms with Crippen molar-refractivity contribution in [2.45, 2.75) is 52.5 Å². The Morgan fingerprint density at radius 1 is 1.14 bits per heavy atom. The van der Waals surface area contributed by atoms with E-state index in [9.17, 15) is 0 Å². The molecule has 1 aliphatic carbocycles. The summed E-state index contributed by atoms with van der Waals surface area (Å²) >= 11 is 0. The van der Waals surface area contributed by atoms with Crippen molar-refractivity contribution >= 4 is 11.8 Å². The number of anilines is 1. The van der Waals surface area contributed by atoms with Gasteiger partial charge in [-0.25, -0.2) is 4.98 Å². The molecule has 0 aromatic carbocycles. The van der Waals surface area contributed by atoms with Gasteiger partial charge in [-0.2, -0.15) is 0 Å². The molecule has 1 saturated heterocycles. The molecule has 0 radical (unpaired) electrons. The van der Waals surface area contributed by atoms with E-state index in [4.69, 9.17) is 0 Å². The lowest BCUT2D eigenvalue weighted by Gasteiger charge is -2.34. The highest BCUT2D eigenvalue weighted by molar-refractivity contribution is 5.79. The largest absolute Gasteiger partial charge is 0.356 e. The Kier molecular flexibility index (Phi) is 7.54. The lowest BCUT2D eigenvalue weighted by molar-refractivity contribution is 0.270. The minimum atomic E-state index is 0.460. The van der Waals surface area contributed by atoms with E-state index >= 15 is 0 Å². The molecule has 1 saturated carbocycles. The maximum Gasteiger partial charge on any atom is 0.191 e. The van der Waals surface area contributed by atoms with Gasteiger partial charge in [-0.1, -0.05) is 26.7 Å². The van der Waals surface area contributed by atoms with E-state index in [1.165, 1.54) is 37.7 Å². The smallest absolute Gasteiger partial charge is 0.191 e. The van der Waals surface area contributed by atoms with Gasteiger partial charge in [-0.05, 0) is 48.9 Å². The van der Waals surface area contributed by atoms with Gasteiger partial charge in [-0.15, -0.1) is 0 Å². The molecule has 0 bridgehead atoms. The number of nitrogens with zero attached hydrogens (tertiary/aromatic N) is 4. The topological polar surface area (TPSA) is 55.8 Å². The Bertz CT molecular complexity index is 630. The van der Waals surface area contributed by atoms with E-state index in [0.717, 1.165) is 57.6 Å². The number of aromatic nitrogens is 1. The van der Waals surface area contributed by atoms with Crippen molar-refractivity contribution in [1.29, 1.82) is 0 Å². The quantitative estimate of drug-likeness (QED) is 0.557. The SMILES string of the molecule is CCN1CCN(c2cc(CNC(=NC)NCC3(CC)CCCC3)ccn2)CC1. The van der Waals surface area contributed by atoms with Crippen LogP contribution in [0.4, 0.5) is 5.82 Å². The summed E-state index contributed by atoms with van der Waals surface area (Å²) in [5, 5.41) is 7.05. The molecule has 1 aromatic heterocycles. The van der Waals surface area contributed by atoms with E-state index in [0.29, 0.717) is 5.41 Å². The minimum Gasteiger partial charge on any atom is -0.356 e. The van der Waals surface area contributed by atoms with Gasteiger partial charge in [0.05, 0.1) is 0 Å². The van der Waals surface area contributed by atoms with Crippen LogP contribution < -0.4 is 15.5 Å². The summed E-state index contributed by atoms with van der Waals surface area (Å²) in [5.41, 5.74) is 1.71. The van der Waals surface area contributed by atoms with Crippen LogP contribution in [0.25, 0.3) is 0 Å². The maximum atomic E-state index is 4.60. The number of nitrogens with one attached hydrogen (secondary N) is 2. The fourth-order valence-electron chi connectivity index (χ4n) is 4.49. The first-order valence-corrected chi connectivity index (χ1v) is 11.0. The summed E-state index contributed by atoms with van der Waals surface area (Å²) in [6, 6.07) is 4.31. The van der Waals surface area contributed by atoms with E-state index < -0.39 is 0 Å². The standard InChI is InChI=1S/C22H38N6/c1-4-22(9-6-7-10-22)18-26-21(23-3)25-17-19-8-11-24-20(16-19)28-14-12-27(5-2)13-15-28/h8,11,16H,4-7,9-10,12-15,17-18H2,1-3H3,(H2,23,25,26). The maximum absolute atomic E-state index is 4.60. The number of hydrogen-bond donors (Lipinski definition) is 2. The fourth-order valence-corrected chi connectivity index (χ4v) is 4.49. The molecule has 28 heavy (non-hydrogen) atoms. The predicted molar refractivity (Wildman–Crippen MR) is 118 cm³/mol. The number of rotatable bonds is 7.